The number of hydrogen-bond acceptors (Lipinski definition) is 4. The van der Waals surface area contributed by atoms with Gasteiger partial charge in [0.25, 0.3) is 0 Å². The Kier molecular flexibility index (Phi) is 4.93. The van der Waals surface area contributed by atoms with E-state index in [0.717, 1.165) is 4.68 Å². The summed E-state index contributed by atoms with van der Waals surface area (Å²) in [6, 6.07) is 10.6. The van der Waals surface area contributed by atoms with Crippen LogP contribution in [0.5, 0.6) is 11.5 Å². The van der Waals surface area contributed by atoms with E-state index in [1.54, 1.807) is 18.2 Å². The van der Waals surface area contributed by atoms with Gasteiger partial charge in [0.2, 0.25) is 0 Å². The van der Waals surface area contributed by atoms with Crippen molar-refractivity contribution in [3.8, 4) is 28.3 Å². The zero-order valence-electron chi connectivity index (χ0n) is 14.3. The highest BCUT2D eigenvalue weighted by Crippen LogP contribution is 2.43. The lowest BCUT2D eigenvalue weighted by molar-refractivity contribution is -0.140. The molecule has 9 heteroatoms. The van der Waals surface area contributed by atoms with Crippen molar-refractivity contribution in [1.82, 2.24) is 9.78 Å². The van der Waals surface area contributed by atoms with Crippen molar-refractivity contribution in [3.63, 3.8) is 0 Å². The van der Waals surface area contributed by atoms with Crippen LogP contribution in [0.4, 0.5) is 19.0 Å². The number of benzene rings is 2. The van der Waals surface area contributed by atoms with Gasteiger partial charge < -0.3 is 15.2 Å². The van der Waals surface area contributed by atoms with Gasteiger partial charge in [0.1, 0.15) is 5.82 Å². The van der Waals surface area contributed by atoms with E-state index >= 15 is 0 Å². The summed E-state index contributed by atoms with van der Waals surface area (Å²) in [5.41, 5.74) is 5.23. The summed E-state index contributed by atoms with van der Waals surface area (Å²) in [6.07, 6.45) is -4.71. The van der Waals surface area contributed by atoms with E-state index in [4.69, 9.17) is 26.8 Å². The van der Waals surface area contributed by atoms with E-state index in [9.17, 15) is 13.2 Å². The predicted molar refractivity (Wildman–Crippen MR) is 96.5 cm³/mol. The van der Waals surface area contributed by atoms with Crippen molar-refractivity contribution < 1.29 is 22.6 Å². The minimum Gasteiger partial charge on any atom is -0.493 e. The van der Waals surface area contributed by atoms with Crippen molar-refractivity contribution in [2.24, 2.45) is 0 Å². The predicted octanol–water partition coefficient (Wildman–Crippen LogP) is 4.81. The van der Waals surface area contributed by atoms with Gasteiger partial charge in [-0.25, -0.2) is 4.68 Å². The Labute approximate surface area is 158 Å². The molecule has 0 bridgehead atoms. The summed E-state index contributed by atoms with van der Waals surface area (Å²) in [6.45, 7) is 0. The first-order valence-electron chi connectivity index (χ1n) is 7.70. The molecule has 1 heterocycles. The number of anilines is 1. The highest BCUT2D eigenvalue weighted by molar-refractivity contribution is 6.30. The first kappa shape index (κ1) is 18.9. The summed E-state index contributed by atoms with van der Waals surface area (Å²) in [5, 5.41) is 4.05. The average molecular weight is 398 g/mol. The third kappa shape index (κ3) is 3.52. The second-order valence-corrected chi connectivity index (χ2v) is 6.00. The molecule has 0 amide bonds. The molecule has 0 aliphatic carbocycles. The first-order chi connectivity index (χ1) is 12.8. The lowest BCUT2D eigenvalue weighted by Gasteiger charge is -2.11. The molecular weight excluding hydrogens is 383 g/mol. The molecule has 142 valence electrons. The van der Waals surface area contributed by atoms with E-state index in [-0.39, 0.29) is 22.7 Å². The Hall–Kier alpha value is -2.87. The summed E-state index contributed by atoms with van der Waals surface area (Å²) >= 11 is 5.94. The molecule has 3 aromatic rings. The Bertz CT molecular complexity index is 986. The second-order valence-electron chi connectivity index (χ2n) is 5.57. The number of aromatic nitrogens is 2. The number of nitrogens with two attached hydrogens (primary N) is 1. The summed E-state index contributed by atoms with van der Waals surface area (Å²) in [7, 11) is 2.83. The van der Waals surface area contributed by atoms with Gasteiger partial charge in [-0.1, -0.05) is 23.7 Å². The van der Waals surface area contributed by atoms with Crippen molar-refractivity contribution >= 4 is 17.4 Å². The Morgan fingerprint density at radius 3 is 2.33 bits per heavy atom. The van der Waals surface area contributed by atoms with E-state index in [0.29, 0.717) is 16.5 Å². The van der Waals surface area contributed by atoms with Gasteiger partial charge in [-0.05, 0) is 35.9 Å². The maximum atomic E-state index is 13.6. The minimum atomic E-state index is -4.71. The Morgan fingerprint density at radius 2 is 1.74 bits per heavy atom. The SMILES string of the molecule is COc1ccc(-c2c(C(F)(F)F)nn(-c3cccc(Cl)c3)c2N)cc1OC. The van der Waals surface area contributed by atoms with E-state index in [1.807, 2.05) is 0 Å². The molecule has 2 N–H and O–H groups in total. The highest BCUT2D eigenvalue weighted by Gasteiger charge is 2.39. The number of hydrogen-bond donors (Lipinski definition) is 1. The number of methoxy groups -OCH3 is 2. The molecule has 27 heavy (non-hydrogen) atoms. The number of ether oxygens (including phenoxy) is 2. The largest absolute Gasteiger partial charge is 0.493 e. The third-order valence-electron chi connectivity index (χ3n) is 3.91. The maximum Gasteiger partial charge on any atom is 0.435 e. The van der Waals surface area contributed by atoms with E-state index in [1.165, 1.54) is 38.5 Å². The van der Waals surface area contributed by atoms with Gasteiger partial charge in [-0.2, -0.15) is 18.3 Å². The van der Waals surface area contributed by atoms with Crippen LogP contribution in [0.2, 0.25) is 5.02 Å². The second kappa shape index (κ2) is 7.03. The van der Waals surface area contributed by atoms with Crippen LogP contribution in [-0.4, -0.2) is 24.0 Å². The van der Waals surface area contributed by atoms with Gasteiger partial charge >= 0.3 is 6.18 Å². The Morgan fingerprint density at radius 1 is 1.04 bits per heavy atom. The van der Waals surface area contributed by atoms with Gasteiger partial charge in [-0.3, -0.25) is 0 Å². The van der Waals surface area contributed by atoms with E-state index in [2.05, 4.69) is 5.10 Å². The van der Waals surface area contributed by atoms with Crippen molar-refractivity contribution in [3.05, 3.63) is 53.2 Å². The van der Waals surface area contributed by atoms with Crippen molar-refractivity contribution in [1.29, 1.82) is 0 Å². The summed E-state index contributed by atoms with van der Waals surface area (Å²) in [4.78, 5) is 0. The molecule has 0 aliphatic heterocycles. The molecular formula is C18H15ClF3N3O2. The van der Waals surface area contributed by atoms with Crippen LogP contribution in [0.25, 0.3) is 16.8 Å². The maximum absolute atomic E-state index is 13.6. The smallest absolute Gasteiger partial charge is 0.435 e. The zero-order valence-corrected chi connectivity index (χ0v) is 15.1. The van der Waals surface area contributed by atoms with Gasteiger partial charge in [0, 0.05) is 5.02 Å². The fraction of sp³-hybridized carbons (Fsp3) is 0.167. The standard InChI is InChI=1S/C18H15ClF3N3O2/c1-26-13-7-6-10(8-14(13)27-2)15-16(18(20,21)22)24-25(17(15)23)12-5-3-4-11(19)9-12/h3-9H,23H2,1-2H3. The van der Waals surface area contributed by atoms with Crippen LogP contribution < -0.4 is 15.2 Å². The van der Waals surface area contributed by atoms with Crippen LogP contribution >= 0.6 is 11.6 Å². The molecule has 0 spiro atoms. The van der Waals surface area contributed by atoms with Crippen LogP contribution in [0.3, 0.4) is 0 Å². The number of nitrogen functional groups attached to an aromatic ring is 1. The third-order valence-corrected chi connectivity index (χ3v) is 4.15. The number of nitrogens with zero attached hydrogens (tertiary/aromatic N) is 2. The number of rotatable bonds is 4. The minimum absolute atomic E-state index is 0.170. The molecule has 0 saturated carbocycles. The molecule has 5 nitrogen and oxygen atoms in total. The molecule has 0 aliphatic rings. The fourth-order valence-electron chi connectivity index (χ4n) is 2.71. The van der Waals surface area contributed by atoms with Gasteiger partial charge in [0.05, 0.1) is 25.5 Å². The Balaban J connectivity index is 2.26. The molecule has 2 aromatic carbocycles. The van der Waals surface area contributed by atoms with E-state index < -0.39 is 11.9 Å². The summed E-state index contributed by atoms with van der Waals surface area (Å²) < 4.78 is 52.2. The average Bonchev–Trinajstić information content (AvgIpc) is 2.98. The molecule has 0 saturated heterocycles. The highest BCUT2D eigenvalue weighted by atomic mass is 35.5. The van der Waals surface area contributed by atoms with Crippen molar-refractivity contribution in [2.75, 3.05) is 20.0 Å². The topological polar surface area (TPSA) is 62.3 Å². The number of alkyl halides is 3. The zero-order chi connectivity index (χ0) is 19.8. The quantitative estimate of drug-likeness (QED) is 0.686. The lowest BCUT2D eigenvalue weighted by Crippen LogP contribution is -2.08. The molecule has 3 rings (SSSR count). The van der Waals surface area contributed by atoms with Crippen LogP contribution in [0, 0.1) is 0 Å². The van der Waals surface area contributed by atoms with Gasteiger partial charge in [-0.15, -0.1) is 0 Å². The first-order valence-corrected chi connectivity index (χ1v) is 8.08. The van der Waals surface area contributed by atoms with Crippen LogP contribution in [0.15, 0.2) is 42.5 Å². The lowest BCUT2D eigenvalue weighted by atomic mass is 10.0. The molecule has 0 atom stereocenters. The number of halogens is 4. The molecule has 1 aromatic heterocycles. The van der Waals surface area contributed by atoms with Gasteiger partial charge in [0.15, 0.2) is 17.2 Å². The van der Waals surface area contributed by atoms with Crippen molar-refractivity contribution in [2.45, 2.75) is 6.18 Å². The summed E-state index contributed by atoms with van der Waals surface area (Å²) in [5.74, 6) is 0.491. The van der Waals surface area contributed by atoms with Crippen LogP contribution in [-0.2, 0) is 6.18 Å². The monoisotopic (exact) mass is 397 g/mol. The van der Waals surface area contributed by atoms with Crippen LogP contribution in [0.1, 0.15) is 5.69 Å². The molecule has 0 fully saturated rings. The fourth-order valence-corrected chi connectivity index (χ4v) is 2.90. The molecule has 0 radical (unpaired) electrons. The normalized spacial score (nSPS) is 11.5. The molecule has 0 unspecified atom stereocenters.